The van der Waals surface area contributed by atoms with Crippen molar-refractivity contribution in [2.24, 2.45) is 5.73 Å². The maximum Gasteiger partial charge on any atom is 0.317 e. The SMILES string of the molecule is COc1ccc(C(O[C@@H]2C[C@@H](CO[Si](C)(C)C(C)(C)C)N(C(=O)NCCSSCCN)C2)(c2ccccc2)c2ccc(OC)cc2)cc1. The van der Waals surface area contributed by atoms with Gasteiger partial charge in [-0.25, -0.2) is 4.79 Å². The lowest BCUT2D eigenvalue weighted by atomic mass is 9.79. The topological polar surface area (TPSA) is 95.3 Å². The molecule has 0 radical (unpaired) electrons. The quantitative estimate of drug-likeness (QED) is 0.0682. The van der Waals surface area contributed by atoms with Crippen molar-refractivity contribution in [1.82, 2.24) is 10.2 Å². The van der Waals surface area contributed by atoms with Gasteiger partial charge in [0.2, 0.25) is 0 Å². The van der Waals surface area contributed by atoms with E-state index in [-0.39, 0.29) is 23.2 Å². The highest BCUT2D eigenvalue weighted by Crippen LogP contribution is 2.44. The molecule has 0 bridgehead atoms. The summed E-state index contributed by atoms with van der Waals surface area (Å²) in [5, 5.41) is 3.21. The number of carbonyl (C=O) groups is 1. The van der Waals surface area contributed by atoms with E-state index in [9.17, 15) is 4.79 Å². The van der Waals surface area contributed by atoms with E-state index < -0.39 is 13.9 Å². The number of nitrogens with two attached hydrogens (primary N) is 1. The molecule has 1 heterocycles. The first-order valence-corrected chi connectivity index (χ1v) is 22.0. The summed E-state index contributed by atoms with van der Waals surface area (Å²) in [6.45, 7) is 13.3. The minimum absolute atomic E-state index is 0.0538. The Morgan fingerprint density at radius 1 is 0.875 bits per heavy atom. The fourth-order valence-electron chi connectivity index (χ4n) is 5.63. The number of nitrogens with zero attached hydrogens (tertiary/aromatic N) is 1. The fourth-order valence-corrected chi connectivity index (χ4v) is 8.44. The van der Waals surface area contributed by atoms with Crippen LogP contribution >= 0.6 is 21.6 Å². The van der Waals surface area contributed by atoms with Gasteiger partial charge in [-0.2, -0.15) is 0 Å². The maximum absolute atomic E-state index is 13.8. The normalized spacial score (nSPS) is 17.0. The smallest absolute Gasteiger partial charge is 0.317 e. The van der Waals surface area contributed by atoms with Gasteiger partial charge in [-0.15, -0.1) is 0 Å². The summed E-state index contributed by atoms with van der Waals surface area (Å²) in [6, 6.07) is 26.2. The fraction of sp³-hybridized carbons (Fsp3) is 0.486. The van der Waals surface area contributed by atoms with Crippen LogP contribution in [0, 0.1) is 0 Å². The first-order valence-electron chi connectivity index (χ1n) is 16.6. The van der Waals surface area contributed by atoms with E-state index in [1.807, 2.05) is 47.4 Å². The molecule has 3 aromatic rings. The van der Waals surface area contributed by atoms with E-state index in [2.05, 4.69) is 75.6 Å². The molecule has 0 spiro atoms. The van der Waals surface area contributed by atoms with Gasteiger partial charge in [0.05, 0.1) is 33.0 Å². The molecule has 3 N–H and O–H groups in total. The van der Waals surface area contributed by atoms with Crippen LogP contribution < -0.4 is 20.5 Å². The number of carbonyl (C=O) groups excluding carboxylic acids is 1. The molecule has 1 aliphatic heterocycles. The van der Waals surface area contributed by atoms with Crippen molar-refractivity contribution in [3.8, 4) is 11.5 Å². The van der Waals surface area contributed by atoms with Crippen molar-refractivity contribution < 1.29 is 23.4 Å². The Labute approximate surface area is 296 Å². The third-order valence-corrected chi connectivity index (χ3v) is 16.3. The largest absolute Gasteiger partial charge is 0.497 e. The van der Waals surface area contributed by atoms with Crippen LogP contribution in [0.2, 0.25) is 18.1 Å². The summed E-state index contributed by atoms with van der Waals surface area (Å²) in [5.74, 6) is 3.23. The Bertz CT molecular complexity index is 1370. The van der Waals surface area contributed by atoms with Crippen molar-refractivity contribution in [3.63, 3.8) is 0 Å². The summed E-state index contributed by atoms with van der Waals surface area (Å²) >= 11 is 0. The van der Waals surface area contributed by atoms with E-state index in [1.54, 1.807) is 35.8 Å². The Morgan fingerprint density at radius 2 is 1.42 bits per heavy atom. The molecule has 0 aromatic heterocycles. The average Bonchev–Trinajstić information content (AvgIpc) is 3.50. The van der Waals surface area contributed by atoms with Gasteiger partial charge in [0.15, 0.2) is 8.32 Å². The average molecular weight is 712 g/mol. The third kappa shape index (κ3) is 9.31. The van der Waals surface area contributed by atoms with Crippen LogP contribution in [0.5, 0.6) is 11.5 Å². The molecule has 11 heteroatoms. The standard InChI is InChI=1S/C37H53N3O5S2Si/c1-36(2,3)48(6,7)44-27-31-25-34(26-40(31)35(41)39-22-24-47-46-23-21-38)45-37(28-11-9-8-10-12-28,29-13-17-32(42-4)18-14-29)30-15-19-33(43-5)20-16-30/h8-20,31,34H,21-27,38H2,1-7H3,(H,39,41)/t31-,34+/m0/s1. The summed E-state index contributed by atoms with van der Waals surface area (Å²) in [5.41, 5.74) is 7.57. The molecule has 2 amide bonds. The number of methoxy groups -OCH3 is 2. The molecular formula is C37H53N3O5S2Si. The molecule has 1 fully saturated rings. The molecule has 4 rings (SSSR count). The van der Waals surface area contributed by atoms with Crippen LogP contribution in [0.1, 0.15) is 43.9 Å². The highest BCUT2D eigenvalue weighted by molar-refractivity contribution is 8.76. The van der Waals surface area contributed by atoms with Gasteiger partial charge in [-0.3, -0.25) is 0 Å². The third-order valence-electron chi connectivity index (χ3n) is 9.34. The van der Waals surface area contributed by atoms with Crippen molar-refractivity contribution in [2.45, 2.75) is 63.1 Å². The lowest BCUT2D eigenvalue weighted by Crippen LogP contribution is -2.48. The molecule has 1 aliphatic rings. The second-order valence-electron chi connectivity index (χ2n) is 13.5. The molecule has 2 atom stereocenters. The second-order valence-corrected chi connectivity index (χ2v) is 21.0. The van der Waals surface area contributed by atoms with E-state index >= 15 is 0 Å². The molecule has 0 unspecified atom stereocenters. The van der Waals surface area contributed by atoms with Gasteiger partial charge in [0.25, 0.3) is 0 Å². The van der Waals surface area contributed by atoms with Crippen LogP contribution in [0.4, 0.5) is 4.79 Å². The van der Waals surface area contributed by atoms with Crippen LogP contribution in [0.3, 0.4) is 0 Å². The summed E-state index contributed by atoms with van der Waals surface area (Å²) in [6.07, 6.45) is 0.368. The lowest BCUT2D eigenvalue weighted by molar-refractivity contribution is -0.0409. The first-order chi connectivity index (χ1) is 22.9. The maximum atomic E-state index is 13.8. The molecule has 0 saturated carbocycles. The minimum atomic E-state index is -2.07. The molecule has 3 aromatic carbocycles. The number of benzene rings is 3. The number of rotatable bonds is 16. The molecular weight excluding hydrogens is 659 g/mol. The van der Waals surface area contributed by atoms with Crippen molar-refractivity contribution in [1.29, 1.82) is 0 Å². The molecule has 262 valence electrons. The Hall–Kier alpha value is -2.67. The number of hydrogen-bond donors (Lipinski definition) is 2. The van der Waals surface area contributed by atoms with E-state index in [0.717, 1.165) is 39.7 Å². The van der Waals surface area contributed by atoms with Gasteiger partial charge in [0.1, 0.15) is 17.1 Å². The van der Waals surface area contributed by atoms with Crippen molar-refractivity contribution in [2.75, 3.05) is 52.0 Å². The van der Waals surface area contributed by atoms with Crippen LogP contribution in [-0.2, 0) is 14.8 Å². The number of ether oxygens (including phenoxy) is 3. The predicted molar refractivity (Wildman–Crippen MR) is 203 cm³/mol. The summed E-state index contributed by atoms with van der Waals surface area (Å²) in [4.78, 5) is 15.7. The van der Waals surface area contributed by atoms with E-state index in [4.69, 9.17) is 24.4 Å². The number of amides is 2. The van der Waals surface area contributed by atoms with Crippen LogP contribution in [0.15, 0.2) is 78.9 Å². The van der Waals surface area contributed by atoms with Gasteiger partial charge < -0.3 is 34.6 Å². The first kappa shape index (κ1) is 38.1. The minimum Gasteiger partial charge on any atom is -0.497 e. The summed E-state index contributed by atoms with van der Waals surface area (Å²) in [7, 11) is 4.73. The van der Waals surface area contributed by atoms with Crippen molar-refractivity contribution in [3.05, 3.63) is 95.6 Å². The van der Waals surface area contributed by atoms with Crippen LogP contribution in [0.25, 0.3) is 0 Å². The molecule has 0 aliphatic carbocycles. The number of hydrogen-bond acceptors (Lipinski definition) is 8. The Balaban J connectivity index is 1.70. The Morgan fingerprint density at radius 3 is 1.94 bits per heavy atom. The second kappa shape index (κ2) is 17.3. The zero-order valence-corrected chi connectivity index (χ0v) is 32.1. The highest BCUT2D eigenvalue weighted by atomic mass is 33.1. The van der Waals surface area contributed by atoms with Crippen molar-refractivity contribution >= 4 is 35.9 Å². The number of likely N-dealkylation sites (tertiary alicyclic amines) is 1. The lowest BCUT2D eigenvalue weighted by Gasteiger charge is -2.38. The zero-order chi connectivity index (χ0) is 34.8. The monoisotopic (exact) mass is 711 g/mol. The molecule has 48 heavy (non-hydrogen) atoms. The number of nitrogens with one attached hydrogen (secondary N) is 1. The Kier molecular flexibility index (Phi) is 13.8. The van der Waals surface area contributed by atoms with Gasteiger partial charge in [-0.1, -0.05) is 97.0 Å². The zero-order valence-electron chi connectivity index (χ0n) is 29.5. The van der Waals surface area contributed by atoms with Gasteiger partial charge in [0, 0.05) is 31.1 Å². The number of urea groups is 1. The molecule has 1 saturated heterocycles. The highest BCUT2D eigenvalue weighted by Gasteiger charge is 2.46. The van der Waals surface area contributed by atoms with Crippen LogP contribution in [-0.4, -0.2) is 83.4 Å². The molecule has 8 nitrogen and oxygen atoms in total. The van der Waals surface area contributed by atoms with E-state index in [0.29, 0.717) is 32.7 Å². The summed E-state index contributed by atoms with van der Waals surface area (Å²) < 4.78 is 25.2. The van der Waals surface area contributed by atoms with E-state index in [1.165, 1.54) is 0 Å². The van der Waals surface area contributed by atoms with Gasteiger partial charge >= 0.3 is 6.03 Å². The predicted octanol–water partition coefficient (Wildman–Crippen LogP) is 7.53. The van der Waals surface area contributed by atoms with Gasteiger partial charge in [-0.05, 0) is 65.5 Å².